The first-order chi connectivity index (χ1) is 8.83. The van der Waals surface area contributed by atoms with E-state index in [9.17, 15) is 18.0 Å². The van der Waals surface area contributed by atoms with Gasteiger partial charge in [-0.25, -0.2) is 0 Å². The highest BCUT2D eigenvalue weighted by atomic mass is 32.2. The van der Waals surface area contributed by atoms with Crippen LogP contribution in [-0.2, 0) is 11.2 Å². The van der Waals surface area contributed by atoms with Crippen LogP contribution in [0.4, 0.5) is 13.2 Å². The van der Waals surface area contributed by atoms with E-state index >= 15 is 0 Å². The van der Waals surface area contributed by atoms with Gasteiger partial charge in [0.25, 0.3) is 5.91 Å². The Bertz CT molecular complexity index is 514. The second kappa shape index (κ2) is 5.12. The predicted molar refractivity (Wildman–Crippen MR) is 64.8 cm³/mol. The van der Waals surface area contributed by atoms with Crippen LogP contribution in [0.3, 0.4) is 0 Å². The van der Waals surface area contributed by atoms with Gasteiger partial charge in [-0.2, -0.15) is 4.99 Å². The van der Waals surface area contributed by atoms with Crippen molar-refractivity contribution in [1.82, 2.24) is 0 Å². The van der Waals surface area contributed by atoms with Gasteiger partial charge in [-0.05, 0) is 24.1 Å². The monoisotopic (exact) mass is 290 g/mol. The molecular weight excluding hydrogens is 281 g/mol. The maximum atomic E-state index is 12.0. The first kappa shape index (κ1) is 13.7. The van der Waals surface area contributed by atoms with E-state index in [1.807, 2.05) is 0 Å². The summed E-state index contributed by atoms with van der Waals surface area (Å²) in [6, 6.07) is 5.36. The third-order valence-corrected chi connectivity index (χ3v) is 3.32. The van der Waals surface area contributed by atoms with Crippen LogP contribution >= 0.6 is 11.8 Å². The minimum Gasteiger partial charge on any atom is -0.406 e. The number of rotatable bonds is 3. The van der Waals surface area contributed by atoms with Crippen LogP contribution in [0.5, 0.6) is 5.75 Å². The van der Waals surface area contributed by atoms with Crippen LogP contribution in [0.1, 0.15) is 5.56 Å². The van der Waals surface area contributed by atoms with Crippen LogP contribution in [0.25, 0.3) is 0 Å². The molecule has 0 spiro atoms. The van der Waals surface area contributed by atoms with Gasteiger partial charge >= 0.3 is 6.36 Å². The molecule has 0 aromatic heterocycles. The number of carbonyl (C=O) groups is 1. The summed E-state index contributed by atoms with van der Waals surface area (Å²) >= 11 is 1.15. The van der Waals surface area contributed by atoms with Crippen LogP contribution in [0, 0.1) is 0 Å². The molecule has 19 heavy (non-hydrogen) atoms. The summed E-state index contributed by atoms with van der Waals surface area (Å²) in [6.45, 7) is 0. The van der Waals surface area contributed by atoms with E-state index in [-0.39, 0.29) is 16.8 Å². The van der Waals surface area contributed by atoms with Gasteiger partial charge < -0.3 is 10.5 Å². The van der Waals surface area contributed by atoms with Crippen molar-refractivity contribution in [3.8, 4) is 5.75 Å². The molecule has 4 nitrogen and oxygen atoms in total. The molecule has 1 aromatic rings. The number of halogens is 3. The number of nitrogens with zero attached hydrogens (tertiary/aromatic N) is 1. The van der Waals surface area contributed by atoms with Crippen LogP contribution in [0.2, 0.25) is 0 Å². The van der Waals surface area contributed by atoms with E-state index in [1.54, 1.807) is 0 Å². The summed E-state index contributed by atoms with van der Waals surface area (Å²) in [7, 11) is 0. The zero-order chi connectivity index (χ0) is 14.0. The number of hydrogen-bond donors (Lipinski definition) is 1. The molecular formula is C11H9F3N2O2S. The first-order valence-corrected chi connectivity index (χ1v) is 6.11. The molecule has 1 atom stereocenters. The van der Waals surface area contributed by atoms with Crippen molar-refractivity contribution in [2.75, 3.05) is 0 Å². The average Bonchev–Trinajstić information content (AvgIpc) is 2.58. The molecule has 102 valence electrons. The van der Waals surface area contributed by atoms with Gasteiger partial charge in [-0.15, -0.1) is 13.2 Å². The van der Waals surface area contributed by atoms with Crippen molar-refractivity contribution >= 4 is 22.8 Å². The molecule has 0 radical (unpaired) electrons. The van der Waals surface area contributed by atoms with Gasteiger partial charge in [0, 0.05) is 0 Å². The number of alkyl halides is 3. The summed E-state index contributed by atoms with van der Waals surface area (Å²) in [4.78, 5) is 15.0. The number of amides is 1. The molecule has 1 aliphatic rings. The van der Waals surface area contributed by atoms with Gasteiger partial charge in [-0.1, -0.05) is 23.9 Å². The lowest BCUT2D eigenvalue weighted by atomic mass is 10.1. The second-order valence-electron chi connectivity index (χ2n) is 3.79. The van der Waals surface area contributed by atoms with Crippen LogP contribution in [-0.4, -0.2) is 22.7 Å². The van der Waals surface area contributed by atoms with Gasteiger partial charge in [0.05, 0.1) is 5.25 Å². The molecule has 1 aliphatic heterocycles. The van der Waals surface area contributed by atoms with Gasteiger partial charge in [0.2, 0.25) is 0 Å². The maximum Gasteiger partial charge on any atom is 0.573 e. The van der Waals surface area contributed by atoms with Gasteiger partial charge in [0.1, 0.15) is 5.75 Å². The molecule has 8 heteroatoms. The third-order valence-electron chi connectivity index (χ3n) is 2.34. The molecule has 1 aromatic carbocycles. The molecule has 0 saturated heterocycles. The molecule has 2 N–H and O–H groups in total. The minimum absolute atomic E-state index is 0.215. The number of benzene rings is 1. The van der Waals surface area contributed by atoms with E-state index in [4.69, 9.17) is 5.73 Å². The Morgan fingerprint density at radius 1 is 1.32 bits per heavy atom. The zero-order valence-corrected chi connectivity index (χ0v) is 10.3. The van der Waals surface area contributed by atoms with Crippen LogP contribution < -0.4 is 10.5 Å². The van der Waals surface area contributed by atoms with Crippen molar-refractivity contribution in [3.05, 3.63) is 29.8 Å². The summed E-state index contributed by atoms with van der Waals surface area (Å²) in [5.74, 6) is -0.615. The van der Waals surface area contributed by atoms with Gasteiger partial charge in [-0.3, -0.25) is 4.79 Å². The normalized spacial score (nSPS) is 19.4. The summed E-state index contributed by atoms with van der Waals surface area (Å²) in [5, 5.41) is -0.193. The lowest BCUT2D eigenvalue weighted by molar-refractivity contribution is -0.274. The number of aliphatic imine (C=N–C) groups is 1. The quantitative estimate of drug-likeness (QED) is 0.925. The molecule has 1 amide bonds. The average molecular weight is 290 g/mol. The van der Waals surface area contributed by atoms with E-state index in [0.717, 1.165) is 11.8 Å². The fourth-order valence-electron chi connectivity index (χ4n) is 1.57. The highest BCUT2D eigenvalue weighted by molar-refractivity contribution is 8.15. The summed E-state index contributed by atoms with van der Waals surface area (Å²) < 4.78 is 39.6. The standard InChI is InChI=1S/C11H9F3N2O2S/c12-11(13,14)18-7-3-1-6(2-4-7)5-8-9(17)16-10(15)19-8/h1-4,8H,5H2,(H2,15,16,17)/t8-/m0/s1. The van der Waals surface area contributed by atoms with Crippen molar-refractivity contribution in [3.63, 3.8) is 0 Å². The fraction of sp³-hybridized carbons (Fsp3) is 0.273. The Morgan fingerprint density at radius 3 is 2.42 bits per heavy atom. The Kier molecular flexibility index (Phi) is 3.70. The molecule has 0 fully saturated rings. The van der Waals surface area contributed by atoms with E-state index < -0.39 is 11.6 Å². The molecule has 0 aliphatic carbocycles. The van der Waals surface area contributed by atoms with E-state index in [2.05, 4.69) is 9.73 Å². The fourth-order valence-corrected chi connectivity index (χ4v) is 2.44. The molecule has 0 saturated carbocycles. The predicted octanol–water partition coefficient (Wildman–Crippen LogP) is 2.08. The van der Waals surface area contributed by atoms with E-state index in [0.29, 0.717) is 12.0 Å². The maximum absolute atomic E-state index is 12.0. The number of ether oxygens (including phenoxy) is 1. The minimum atomic E-state index is -4.71. The topological polar surface area (TPSA) is 64.7 Å². The Morgan fingerprint density at radius 2 is 1.95 bits per heavy atom. The van der Waals surface area contributed by atoms with Crippen LogP contribution in [0.15, 0.2) is 29.3 Å². The Hall–Kier alpha value is -1.70. The summed E-state index contributed by atoms with van der Waals surface area (Å²) in [6.07, 6.45) is -4.35. The lowest BCUT2D eigenvalue weighted by Crippen LogP contribution is -2.17. The lowest BCUT2D eigenvalue weighted by Gasteiger charge is -2.10. The van der Waals surface area contributed by atoms with Crippen molar-refractivity contribution < 1.29 is 22.7 Å². The molecule has 2 rings (SSSR count). The Balaban J connectivity index is 1.98. The zero-order valence-electron chi connectivity index (χ0n) is 9.48. The van der Waals surface area contributed by atoms with Gasteiger partial charge in [0.15, 0.2) is 5.17 Å². The molecule has 0 unspecified atom stereocenters. The van der Waals surface area contributed by atoms with Crippen molar-refractivity contribution in [1.29, 1.82) is 0 Å². The number of carbonyl (C=O) groups excluding carboxylic acids is 1. The number of hydrogen-bond acceptors (Lipinski definition) is 4. The smallest absolute Gasteiger partial charge is 0.406 e. The highest BCUT2D eigenvalue weighted by Crippen LogP contribution is 2.26. The second-order valence-corrected chi connectivity index (χ2v) is 5.01. The number of amidine groups is 1. The largest absolute Gasteiger partial charge is 0.573 e. The molecule has 0 bridgehead atoms. The highest BCUT2D eigenvalue weighted by Gasteiger charge is 2.31. The van der Waals surface area contributed by atoms with E-state index in [1.165, 1.54) is 24.3 Å². The molecule has 1 heterocycles. The number of thioether (sulfide) groups is 1. The Labute approximate surface area is 110 Å². The first-order valence-electron chi connectivity index (χ1n) is 5.23. The van der Waals surface area contributed by atoms with Crippen molar-refractivity contribution in [2.45, 2.75) is 18.0 Å². The summed E-state index contributed by atoms with van der Waals surface area (Å²) in [5.41, 5.74) is 6.12. The van der Waals surface area contributed by atoms with Crippen molar-refractivity contribution in [2.24, 2.45) is 10.7 Å². The SMILES string of the molecule is NC1=NC(=O)[C@H](Cc2ccc(OC(F)(F)F)cc2)S1. The number of nitrogens with two attached hydrogens (primary N) is 1. The third kappa shape index (κ3) is 3.88.